The average Bonchev–Trinajstić information content (AvgIpc) is 2.05. The Hall–Kier alpha value is 0.130. The Balaban J connectivity index is 0.00000144. The van der Waals surface area contributed by atoms with E-state index in [2.05, 4.69) is 4.72 Å². The van der Waals surface area contributed by atoms with Gasteiger partial charge in [-0.1, -0.05) is 19.1 Å². The van der Waals surface area contributed by atoms with Gasteiger partial charge in [-0.2, -0.15) is 0 Å². The molecule has 0 aliphatic carbocycles. The Bertz CT molecular complexity index is 276. The van der Waals surface area contributed by atoms with Crippen LogP contribution in [0.2, 0.25) is 0 Å². The Morgan fingerprint density at radius 1 is 1.38 bits per heavy atom. The van der Waals surface area contributed by atoms with E-state index in [1.165, 1.54) is 5.56 Å². The van der Waals surface area contributed by atoms with Crippen LogP contribution in [0.15, 0.2) is 24.3 Å². The van der Waals surface area contributed by atoms with Gasteiger partial charge in [0.05, 0.1) is 0 Å². The molecule has 0 spiro atoms. The van der Waals surface area contributed by atoms with E-state index >= 15 is 0 Å². The molecule has 1 rings (SSSR count). The third-order valence-electron chi connectivity index (χ3n) is 1.56. The Morgan fingerprint density at radius 3 is 2.31 bits per heavy atom. The summed E-state index contributed by atoms with van der Waals surface area (Å²) in [6.45, 7) is 2.05. The summed E-state index contributed by atoms with van der Waals surface area (Å²) in [4.78, 5) is 0. The van der Waals surface area contributed by atoms with Crippen LogP contribution in [0.3, 0.4) is 0 Å². The molecule has 3 nitrogen and oxygen atoms in total. The van der Waals surface area contributed by atoms with E-state index in [0.717, 1.165) is 6.42 Å². The van der Waals surface area contributed by atoms with Gasteiger partial charge >= 0.3 is 0 Å². The number of hydrogen-bond acceptors (Lipinski definition) is 2. The first-order valence-electron chi connectivity index (χ1n) is 3.67. The molecule has 0 saturated heterocycles. The minimum atomic E-state index is -2.23. The van der Waals surface area contributed by atoms with Crippen LogP contribution in [0.5, 0.6) is 0 Å². The topological polar surface area (TPSA) is 52.2 Å². The third kappa shape index (κ3) is 4.78. The largest absolute Gasteiger partial charge is 0.755 e. The molecule has 0 fully saturated rings. The zero-order chi connectivity index (χ0) is 8.97. The molecule has 13 heavy (non-hydrogen) atoms. The number of hydrogen-bond donors (Lipinski definition) is 1. The predicted molar refractivity (Wildman–Crippen MR) is 54.1 cm³/mol. The molecular formula is C8H10NNaO2S-. The second-order valence-corrected chi connectivity index (χ2v) is 3.06. The molecule has 0 aliphatic heterocycles. The van der Waals surface area contributed by atoms with Crippen molar-refractivity contribution in [3.8, 4) is 0 Å². The summed E-state index contributed by atoms with van der Waals surface area (Å²) in [5.41, 5.74) is 1.79. The number of rotatable bonds is 3. The second kappa shape index (κ2) is 6.56. The summed E-state index contributed by atoms with van der Waals surface area (Å²) in [5, 5.41) is 0. The van der Waals surface area contributed by atoms with E-state index in [4.69, 9.17) is 0 Å². The van der Waals surface area contributed by atoms with Crippen LogP contribution in [0.1, 0.15) is 12.5 Å². The molecule has 0 aliphatic rings. The van der Waals surface area contributed by atoms with Crippen LogP contribution in [0.25, 0.3) is 0 Å². The van der Waals surface area contributed by atoms with Crippen molar-refractivity contribution in [2.24, 2.45) is 0 Å². The summed E-state index contributed by atoms with van der Waals surface area (Å²) >= 11 is -2.23. The maximum absolute atomic E-state index is 10.2. The standard InChI is InChI=1S/C8H11NO2S.Na/c1-2-7-3-5-8(6-4-7)9-12(10)11;/h3-6,9H,2H2,1H3,(H,10,11);/p-1. The van der Waals surface area contributed by atoms with Gasteiger partial charge in [-0.3, -0.25) is 4.21 Å². The molecule has 0 aromatic heterocycles. The van der Waals surface area contributed by atoms with E-state index in [1.807, 2.05) is 19.1 Å². The van der Waals surface area contributed by atoms with Crippen LogP contribution in [0.4, 0.5) is 5.69 Å². The van der Waals surface area contributed by atoms with E-state index < -0.39 is 11.3 Å². The Kier molecular flexibility index (Phi) is 6.63. The zero-order valence-electron chi connectivity index (χ0n) is 7.74. The van der Waals surface area contributed by atoms with E-state index in [1.54, 1.807) is 12.1 Å². The van der Waals surface area contributed by atoms with Gasteiger partial charge in [0, 0.05) is 46.5 Å². The molecule has 0 bridgehead atoms. The smallest absolute Gasteiger partial charge is 0.0452 e. The summed E-state index contributed by atoms with van der Waals surface area (Å²) in [6, 6.07) is 7.29. The molecule has 1 aromatic carbocycles. The first-order chi connectivity index (χ1) is 5.72. The summed E-state index contributed by atoms with van der Waals surface area (Å²) in [6.07, 6.45) is 0.959. The van der Waals surface area contributed by atoms with Crippen molar-refractivity contribution in [3.05, 3.63) is 29.8 Å². The molecule has 1 N–H and O–H groups in total. The van der Waals surface area contributed by atoms with Gasteiger partial charge in [-0.05, 0) is 24.1 Å². The van der Waals surface area contributed by atoms with Crippen LogP contribution < -0.4 is 4.72 Å². The van der Waals surface area contributed by atoms with Crippen molar-refractivity contribution < 1.29 is 8.76 Å². The SMILES string of the molecule is CCc1ccc(NS(=O)[O-])cc1.[Na]. The van der Waals surface area contributed by atoms with Crippen LogP contribution >= 0.6 is 0 Å². The van der Waals surface area contributed by atoms with Gasteiger partial charge in [0.1, 0.15) is 0 Å². The molecule has 5 heteroatoms. The minimum Gasteiger partial charge on any atom is -0.755 e. The van der Waals surface area contributed by atoms with Crippen molar-refractivity contribution in [2.75, 3.05) is 4.72 Å². The summed E-state index contributed by atoms with van der Waals surface area (Å²) in [7, 11) is 0. The molecule has 0 amide bonds. The fourth-order valence-electron chi connectivity index (χ4n) is 0.905. The molecular weight excluding hydrogens is 197 g/mol. The van der Waals surface area contributed by atoms with Crippen LogP contribution in [-0.2, 0) is 17.7 Å². The van der Waals surface area contributed by atoms with E-state index in [0.29, 0.717) is 5.69 Å². The molecule has 0 saturated carbocycles. The van der Waals surface area contributed by atoms with Gasteiger partial charge in [0.2, 0.25) is 0 Å². The maximum atomic E-state index is 10.2. The summed E-state index contributed by atoms with van der Waals surface area (Å²) in [5.74, 6) is 0. The van der Waals surface area contributed by atoms with Gasteiger partial charge in [0.15, 0.2) is 0 Å². The molecule has 1 unspecified atom stereocenters. The molecule has 1 aromatic rings. The molecule has 1 radical (unpaired) electrons. The molecule has 67 valence electrons. The normalized spacial score (nSPS) is 11.5. The number of aryl methyl sites for hydroxylation is 1. The van der Waals surface area contributed by atoms with Gasteiger partial charge in [0.25, 0.3) is 0 Å². The second-order valence-electron chi connectivity index (χ2n) is 2.39. The van der Waals surface area contributed by atoms with Crippen molar-refractivity contribution in [3.63, 3.8) is 0 Å². The van der Waals surface area contributed by atoms with Gasteiger partial charge in [-0.15, -0.1) is 0 Å². The third-order valence-corrected chi connectivity index (χ3v) is 1.97. The first-order valence-corrected chi connectivity index (χ1v) is 4.74. The number of nitrogens with one attached hydrogen (secondary N) is 1. The predicted octanol–water partition coefficient (Wildman–Crippen LogP) is 1.07. The monoisotopic (exact) mass is 207 g/mol. The Labute approximate surface area is 103 Å². The quantitative estimate of drug-likeness (QED) is 0.595. The fourth-order valence-corrected chi connectivity index (χ4v) is 1.23. The fraction of sp³-hybridized carbons (Fsp3) is 0.250. The van der Waals surface area contributed by atoms with Crippen molar-refractivity contribution in [2.45, 2.75) is 13.3 Å². The van der Waals surface area contributed by atoms with Crippen molar-refractivity contribution in [1.29, 1.82) is 0 Å². The Morgan fingerprint density at radius 2 is 1.92 bits per heavy atom. The average molecular weight is 207 g/mol. The van der Waals surface area contributed by atoms with Crippen molar-refractivity contribution >= 4 is 46.5 Å². The molecule has 1 atom stereocenters. The van der Waals surface area contributed by atoms with E-state index in [-0.39, 0.29) is 29.6 Å². The summed E-state index contributed by atoms with van der Waals surface area (Å²) < 4.78 is 22.7. The number of benzene rings is 1. The van der Waals surface area contributed by atoms with Crippen LogP contribution in [0, 0.1) is 0 Å². The van der Waals surface area contributed by atoms with Gasteiger partial charge < -0.3 is 9.27 Å². The zero-order valence-corrected chi connectivity index (χ0v) is 10.6. The van der Waals surface area contributed by atoms with Gasteiger partial charge in [-0.25, -0.2) is 0 Å². The van der Waals surface area contributed by atoms with Crippen molar-refractivity contribution in [1.82, 2.24) is 0 Å². The first kappa shape index (κ1) is 13.1. The molecule has 0 heterocycles. The minimum absolute atomic E-state index is 0. The number of anilines is 1. The van der Waals surface area contributed by atoms with Crippen LogP contribution in [-0.4, -0.2) is 38.3 Å². The maximum Gasteiger partial charge on any atom is 0.0452 e. The van der Waals surface area contributed by atoms with E-state index in [9.17, 15) is 8.76 Å².